The quantitative estimate of drug-likeness (QED) is 0.858. The van der Waals surface area contributed by atoms with Gasteiger partial charge in [0.15, 0.2) is 5.78 Å². The molecule has 4 nitrogen and oxygen atoms in total. The van der Waals surface area contributed by atoms with Crippen LogP contribution < -0.4 is 0 Å². The van der Waals surface area contributed by atoms with E-state index in [2.05, 4.69) is 4.98 Å². The maximum atomic E-state index is 12.4. The Morgan fingerprint density at radius 2 is 2.11 bits per heavy atom. The zero-order chi connectivity index (χ0) is 14.2. The molecule has 0 aliphatic heterocycles. The molecule has 0 aliphatic rings. The van der Waals surface area contributed by atoms with E-state index in [1.54, 1.807) is 0 Å². The highest BCUT2D eigenvalue weighted by molar-refractivity contribution is 6.00. The number of fused-ring (bicyclic) bond motifs is 1. The summed E-state index contributed by atoms with van der Waals surface area (Å²) in [6, 6.07) is 5.55. The Morgan fingerprint density at radius 1 is 1.42 bits per heavy atom. The van der Waals surface area contributed by atoms with E-state index in [9.17, 15) is 9.90 Å². The predicted octanol–water partition coefficient (Wildman–Crippen LogP) is 2.33. The third kappa shape index (κ3) is 2.40. The van der Waals surface area contributed by atoms with E-state index in [0.29, 0.717) is 5.56 Å². The number of aromatic nitrogens is 2. The number of aliphatic hydroxyl groups is 1. The van der Waals surface area contributed by atoms with E-state index in [1.165, 1.54) is 0 Å². The molecule has 2 rings (SSSR count). The van der Waals surface area contributed by atoms with Gasteiger partial charge in [-0.2, -0.15) is 0 Å². The second kappa shape index (κ2) is 5.13. The van der Waals surface area contributed by atoms with Crippen molar-refractivity contribution in [2.24, 2.45) is 18.9 Å². The van der Waals surface area contributed by atoms with Crippen LogP contribution in [-0.2, 0) is 7.05 Å². The monoisotopic (exact) mass is 260 g/mol. The fourth-order valence-corrected chi connectivity index (χ4v) is 2.28. The molecule has 4 heteroatoms. The van der Waals surface area contributed by atoms with Gasteiger partial charge in [-0.25, -0.2) is 4.98 Å². The van der Waals surface area contributed by atoms with Crippen molar-refractivity contribution >= 4 is 16.8 Å². The molecular weight excluding hydrogens is 240 g/mol. The van der Waals surface area contributed by atoms with Gasteiger partial charge in [0.1, 0.15) is 5.82 Å². The van der Waals surface area contributed by atoms with E-state index in [1.807, 2.05) is 50.6 Å². The summed E-state index contributed by atoms with van der Waals surface area (Å²) in [6.07, 6.45) is 0. The van der Waals surface area contributed by atoms with Gasteiger partial charge in [0.25, 0.3) is 0 Å². The van der Waals surface area contributed by atoms with Crippen molar-refractivity contribution < 1.29 is 9.90 Å². The number of hydrogen-bond acceptors (Lipinski definition) is 3. The van der Waals surface area contributed by atoms with Crippen molar-refractivity contribution in [2.45, 2.75) is 20.8 Å². The molecule has 102 valence electrons. The van der Waals surface area contributed by atoms with Gasteiger partial charge in [-0.15, -0.1) is 0 Å². The molecule has 0 saturated heterocycles. The van der Waals surface area contributed by atoms with Gasteiger partial charge in [-0.3, -0.25) is 4.79 Å². The highest BCUT2D eigenvalue weighted by atomic mass is 16.3. The molecule has 0 spiro atoms. The number of rotatable bonds is 4. The minimum Gasteiger partial charge on any atom is -0.396 e. The normalized spacial score (nSPS) is 13.2. The Morgan fingerprint density at radius 3 is 2.68 bits per heavy atom. The first-order valence-corrected chi connectivity index (χ1v) is 6.53. The Labute approximate surface area is 113 Å². The van der Waals surface area contributed by atoms with Gasteiger partial charge in [0, 0.05) is 18.5 Å². The topological polar surface area (TPSA) is 55.1 Å². The Hall–Kier alpha value is -1.68. The maximum absolute atomic E-state index is 12.4. The average molecular weight is 260 g/mol. The van der Waals surface area contributed by atoms with E-state index >= 15 is 0 Å². The third-order valence-corrected chi connectivity index (χ3v) is 3.73. The Bertz CT molecular complexity index is 614. The lowest BCUT2D eigenvalue weighted by atomic mass is 9.88. The van der Waals surface area contributed by atoms with Crippen molar-refractivity contribution in [2.75, 3.05) is 6.61 Å². The Kier molecular flexibility index (Phi) is 3.71. The molecule has 0 radical (unpaired) electrons. The minimum atomic E-state index is -0.345. The molecule has 1 unspecified atom stereocenters. The van der Waals surface area contributed by atoms with Gasteiger partial charge in [0.05, 0.1) is 17.6 Å². The van der Waals surface area contributed by atoms with E-state index in [-0.39, 0.29) is 24.2 Å². The predicted molar refractivity (Wildman–Crippen MR) is 75.2 cm³/mol. The number of carbonyl (C=O) groups excluding carboxylic acids is 1. The lowest BCUT2D eigenvalue weighted by molar-refractivity contribution is 0.0807. The van der Waals surface area contributed by atoms with Crippen LogP contribution in [0, 0.1) is 18.8 Å². The second-order valence-electron chi connectivity index (χ2n) is 5.32. The molecule has 19 heavy (non-hydrogen) atoms. The SMILES string of the molecule is Cc1nc2cc(C(=O)C(CO)C(C)C)ccc2n1C. The molecule has 1 aromatic carbocycles. The van der Waals surface area contributed by atoms with E-state index in [0.717, 1.165) is 16.9 Å². The van der Waals surface area contributed by atoms with Gasteiger partial charge < -0.3 is 9.67 Å². The number of imidazole rings is 1. The summed E-state index contributed by atoms with van der Waals surface area (Å²) >= 11 is 0. The first-order valence-electron chi connectivity index (χ1n) is 6.53. The number of carbonyl (C=O) groups is 1. The summed E-state index contributed by atoms with van der Waals surface area (Å²) in [5.74, 6) is 0.686. The van der Waals surface area contributed by atoms with E-state index in [4.69, 9.17) is 0 Å². The van der Waals surface area contributed by atoms with Crippen LogP contribution in [0.15, 0.2) is 18.2 Å². The summed E-state index contributed by atoms with van der Waals surface area (Å²) in [5, 5.41) is 9.35. The highest BCUT2D eigenvalue weighted by Crippen LogP contribution is 2.21. The molecule has 0 aliphatic carbocycles. The maximum Gasteiger partial charge on any atom is 0.168 e. The van der Waals surface area contributed by atoms with Crippen LogP contribution in [0.3, 0.4) is 0 Å². The van der Waals surface area contributed by atoms with Crippen LogP contribution >= 0.6 is 0 Å². The van der Waals surface area contributed by atoms with Crippen LogP contribution in [-0.4, -0.2) is 27.0 Å². The number of Topliss-reactive ketones (excluding diaryl/α,β-unsaturated/α-hetero) is 1. The smallest absolute Gasteiger partial charge is 0.168 e. The summed E-state index contributed by atoms with van der Waals surface area (Å²) in [6.45, 7) is 5.71. The van der Waals surface area contributed by atoms with Crippen LogP contribution in [0.5, 0.6) is 0 Å². The van der Waals surface area contributed by atoms with Gasteiger partial charge in [0.2, 0.25) is 0 Å². The fraction of sp³-hybridized carbons (Fsp3) is 0.467. The molecule has 1 atom stereocenters. The van der Waals surface area contributed by atoms with Crippen LogP contribution in [0.4, 0.5) is 0 Å². The molecule has 1 N–H and O–H groups in total. The molecule has 0 saturated carbocycles. The number of aryl methyl sites for hydroxylation is 2. The Balaban J connectivity index is 2.43. The van der Waals surface area contributed by atoms with Gasteiger partial charge >= 0.3 is 0 Å². The number of aliphatic hydroxyl groups excluding tert-OH is 1. The summed E-state index contributed by atoms with van der Waals surface area (Å²) in [5.41, 5.74) is 2.46. The highest BCUT2D eigenvalue weighted by Gasteiger charge is 2.23. The number of ketones is 1. The first-order chi connectivity index (χ1) is 8.95. The number of benzene rings is 1. The number of nitrogens with zero attached hydrogens (tertiary/aromatic N) is 2. The number of hydrogen-bond donors (Lipinski definition) is 1. The third-order valence-electron chi connectivity index (χ3n) is 3.73. The minimum absolute atomic E-state index is 0.0114. The van der Waals surface area contributed by atoms with Crippen molar-refractivity contribution in [3.8, 4) is 0 Å². The summed E-state index contributed by atoms with van der Waals surface area (Å²) in [4.78, 5) is 16.8. The van der Waals surface area contributed by atoms with Crippen molar-refractivity contribution in [1.82, 2.24) is 9.55 Å². The molecule has 1 aromatic heterocycles. The zero-order valence-electron chi connectivity index (χ0n) is 11.8. The average Bonchev–Trinajstić information content (AvgIpc) is 2.65. The summed E-state index contributed by atoms with van der Waals surface area (Å²) in [7, 11) is 1.96. The van der Waals surface area contributed by atoms with Crippen molar-refractivity contribution in [3.05, 3.63) is 29.6 Å². The van der Waals surface area contributed by atoms with E-state index < -0.39 is 0 Å². The summed E-state index contributed by atoms with van der Waals surface area (Å²) < 4.78 is 2.00. The van der Waals surface area contributed by atoms with Crippen LogP contribution in [0.2, 0.25) is 0 Å². The standard InChI is InChI=1S/C15H20N2O2/c1-9(2)12(8-18)15(19)11-5-6-14-13(7-11)16-10(3)17(14)4/h5-7,9,12,18H,8H2,1-4H3. The van der Waals surface area contributed by atoms with Crippen molar-refractivity contribution in [3.63, 3.8) is 0 Å². The van der Waals surface area contributed by atoms with Crippen molar-refractivity contribution in [1.29, 1.82) is 0 Å². The molecule has 0 fully saturated rings. The van der Waals surface area contributed by atoms with Crippen LogP contribution in [0.25, 0.3) is 11.0 Å². The first kappa shape index (κ1) is 13.7. The second-order valence-corrected chi connectivity index (χ2v) is 5.32. The lowest BCUT2D eigenvalue weighted by Gasteiger charge is -2.16. The molecule has 1 heterocycles. The molecular formula is C15H20N2O2. The molecule has 0 bridgehead atoms. The largest absolute Gasteiger partial charge is 0.396 e. The van der Waals surface area contributed by atoms with Crippen LogP contribution in [0.1, 0.15) is 30.0 Å². The zero-order valence-corrected chi connectivity index (χ0v) is 11.8. The lowest BCUT2D eigenvalue weighted by Crippen LogP contribution is -2.24. The fourth-order valence-electron chi connectivity index (χ4n) is 2.28. The van der Waals surface area contributed by atoms with Gasteiger partial charge in [-0.05, 0) is 31.0 Å². The molecule has 2 aromatic rings. The molecule has 0 amide bonds. The van der Waals surface area contributed by atoms with Gasteiger partial charge in [-0.1, -0.05) is 13.8 Å².